The normalized spacial score (nSPS) is 15.9. The van der Waals surface area contributed by atoms with Crippen LogP contribution in [-0.2, 0) is 0 Å². The molecule has 0 fully saturated rings. The van der Waals surface area contributed by atoms with Gasteiger partial charge in [0, 0.05) is 0 Å². The molecule has 75 heavy (non-hydrogen) atoms. The summed E-state index contributed by atoms with van der Waals surface area (Å²) in [5.41, 5.74) is 0. The number of hydrogen-bond donors (Lipinski definition) is 8. The summed E-state index contributed by atoms with van der Waals surface area (Å²) in [7, 11) is -9.72. The van der Waals surface area contributed by atoms with Gasteiger partial charge in [-0.1, -0.05) is 226 Å². The monoisotopic (exact) mass is 1190 g/mol. The highest BCUT2D eigenvalue weighted by Crippen LogP contribution is 2.34. The first-order valence-electron chi connectivity index (χ1n) is 31.8. The standard InChI is InChI=1S/C59H128O8Si8/c1-11-52(2)35-36-59(43-51-75(10)67)34-21-33-58(42-50-74(9)66)32-20-31-57(41-49-73(8)65)30-19-29-56(40-48-72(7)64)28-18-27-55(39-47-71(6)63)26-17-25-54(38-46-70(5)62)24-16-23-53(37-45-69(4)61)22-14-12-13-15-44-68(3)60/h52-67H,11-51H2,1-10H3. The lowest BCUT2D eigenvalue weighted by Crippen LogP contribution is -2.14. The third-order valence-electron chi connectivity index (χ3n) is 17.4. The maximum Gasteiger partial charge on any atom is 0.203 e. The van der Waals surface area contributed by atoms with Gasteiger partial charge in [-0.15, -0.1) is 0 Å². The van der Waals surface area contributed by atoms with Crippen LogP contribution in [0.5, 0.6) is 0 Å². The molecule has 444 valence electrons. The molecule has 0 aromatic rings. The number of unbranched alkanes of at least 4 members (excludes halogenated alkanes) is 3. The van der Waals surface area contributed by atoms with Gasteiger partial charge in [0.25, 0.3) is 0 Å². The second kappa shape index (κ2) is 51.1. The molecule has 0 saturated carbocycles. The average Bonchev–Trinajstić information content (AvgIpc) is 3.33. The molecule has 8 unspecified atom stereocenters. The Labute approximate surface area is 481 Å². The summed E-state index contributed by atoms with van der Waals surface area (Å²) < 4.78 is 0. The highest BCUT2D eigenvalue weighted by molar-refractivity contribution is 6.50. The minimum Gasteiger partial charge on any atom is -0.432 e. The topological polar surface area (TPSA) is 162 Å². The molecule has 0 spiro atoms. The fourth-order valence-corrected chi connectivity index (χ4v) is 18.5. The van der Waals surface area contributed by atoms with Crippen molar-refractivity contribution in [2.24, 2.45) is 47.3 Å². The van der Waals surface area contributed by atoms with Crippen LogP contribution in [-0.4, -0.2) is 111 Å². The fraction of sp³-hybridized carbons (Fsp3) is 1.00. The van der Waals surface area contributed by atoms with Gasteiger partial charge >= 0.3 is 0 Å². The van der Waals surface area contributed by atoms with Crippen LogP contribution in [0, 0.1) is 47.3 Å². The molecule has 0 amide bonds. The van der Waals surface area contributed by atoms with E-state index in [1.165, 1.54) is 167 Å². The molecule has 0 aromatic carbocycles. The van der Waals surface area contributed by atoms with Gasteiger partial charge in [-0.3, -0.25) is 0 Å². The zero-order chi connectivity index (χ0) is 56.2. The largest absolute Gasteiger partial charge is 0.432 e. The molecule has 0 aliphatic rings. The predicted octanol–water partition coefficient (Wildman–Crippen LogP) is 15.7. The Balaban J connectivity index is 5.55. The van der Waals surface area contributed by atoms with Crippen molar-refractivity contribution in [3.8, 4) is 0 Å². The summed E-state index contributed by atoms with van der Waals surface area (Å²) in [5, 5.41) is 0. The van der Waals surface area contributed by atoms with Crippen molar-refractivity contribution in [3.05, 3.63) is 0 Å². The molecule has 8 radical (unpaired) electrons. The first kappa shape index (κ1) is 76.4. The van der Waals surface area contributed by atoms with Crippen molar-refractivity contribution < 1.29 is 38.4 Å². The molecular formula is C59H128O8Si8. The Morgan fingerprint density at radius 3 is 0.600 bits per heavy atom. The van der Waals surface area contributed by atoms with E-state index < -0.39 is 72.3 Å². The maximum absolute atomic E-state index is 10.5. The SMILES string of the molecule is CCC(C)CCC(CCCC(CCCC(CCCC(CCCC(CCCC(CCCC(CCCCCC[Si](C)O)CC[Si](C)O)CC[Si](C)O)CC[Si](C)O)CC[Si](C)O)CC[Si](C)O)CC[Si](C)O)CC[Si](C)O. The van der Waals surface area contributed by atoms with Gasteiger partial charge in [0.15, 0.2) is 0 Å². The van der Waals surface area contributed by atoms with E-state index in [1.807, 2.05) is 52.4 Å². The number of rotatable bonds is 56. The third-order valence-corrected chi connectivity index (χ3v) is 25.6. The van der Waals surface area contributed by atoms with Crippen molar-refractivity contribution in [1.82, 2.24) is 0 Å². The van der Waals surface area contributed by atoms with E-state index in [-0.39, 0.29) is 0 Å². The van der Waals surface area contributed by atoms with Crippen LogP contribution in [0.1, 0.15) is 226 Å². The highest BCUT2D eigenvalue weighted by atomic mass is 28.3. The second-order valence-corrected chi connectivity index (χ2v) is 41.1. The summed E-state index contributed by atoms with van der Waals surface area (Å²) >= 11 is 0. The van der Waals surface area contributed by atoms with Gasteiger partial charge < -0.3 is 38.4 Å². The van der Waals surface area contributed by atoms with Gasteiger partial charge in [-0.05, 0) is 148 Å². The molecule has 0 bridgehead atoms. The van der Waals surface area contributed by atoms with Gasteiger partial charge in [0.05, 0.1) is 0 Å². The highest BCUT2D eigenvalue weighted by Gasteiger charge is 2.22. The van der Waals surface area contributed by atoms with Gasteiger partial charge in [-0.2, -0.15) is 0 Å². The predicted molar refractivity (Wildman–Crippen MR) is 341 cm³/mol. The lowest BCUT2D eigenvalue weighted by molar-refractivity contribution is 0.309. The molecule has 8 nitrogen and oxygen atoms in total. The number of hydrogen-bond acceptors (Lipinski definition) is 8. The molecular weight excluding hydrogens is 1060 g/mol. The smallest absolute Gasteiger partial charge is 0.203 e. The van der Waals surface area contributed by atoms with Gasteiger partial charge in [-0.25, -0.2) is 0 Å². The third kappa shape index (κ3) is 52.0. The molecule has 0 rings (SSSR count). The van der Waals surface area contributed by atoms with E-state index >= 15 is 0 Å². The zero-order valence-electron chi connectivity index (χ0n) is 51.2. The van der Waals surface area contributed by atoms with Gasteiger partial charge in [0.2, 0.25) is 72.3 Å². The molecule has 0 heterocycles. The van der Waals surface area contributed by atoms with E-state index in [1.54, 1.807) is 0 Å². The van der Waals surface area contributed by atoms with Crippen molar-refractivity contribution >= 4 is 72.3 Å². The summed E-state index contributed by atoms with van der Waals surface area (Å²) in [6, 6.07) is 7.90. The van der Waals surface area contributed by atoms with Crippen LogP contribution in [0.25, 0.3) is 0 Å². The summed E-state index contributed by atoms with van der Waals surface area (Å²) in [6.07, 6.45) is 40.6. The molecule has 16 heteroatoms. The molecule has 8 atom stereocenters. The molecule has 0 saturated heterocycles. The van der Waals surface area contributed by atoms with Crippen molar-refractivity contribution in [2.45, 2.75) is 326 Å². The Hall–Kier alpha value is 1.42. The summed E-state index contributed by atoms with van der Waals surface area (Å²) in [5.74, 6) is 5.56. The van der Waals surface area contributed by atoms with Crippen LogP contribution in [0.4, 0.5) is 0 Å². The van der Waals surface area contributed by atoms with Crippen LogP contribution in [0.15, 0.2) is 0 Å². The Morgan fingerprint density at radius 2 is 0.400 bits per heavy atom. The van der Waals surface area contributed by atoms with Crippen LogP contribution in [0.2, 0.25) is 101 Å². The van der Waals surface area contributed by atoms with Crippen LogP contribution >= 0.6 is 0 Å². The lowest BCUT2D eigenvalue weighted by atomic mass is 9.84. The minimum atomic E-state index is -1.26. The van der Waals surface area contributed by atoms with Crippen LogP contribution < -0.4 is 0 Å². The first-order valence-corrected chi connectivity index (χ1v) is 49.0. The van der Waals surface area contributed by atoms with E-state index in [9.17, 15) is 38.4 Å². The van der Waals surface area contributed by atoms with E-state index in [0.717, 1.165) is 105 Å². The van der Waals surface area contributed by atoms with Crippen molar-refractivity contribution in [1.29, 1.82) is 0 Å². The average molecular weight is 1190 g/mol. The van der Waals surface area contributed by atoms with Crippen LogP contribution in [0.3, 0.4) is 0 Å². The first-order chi connectivity index (χ1) is 35.7. The van der Waals surface area contributed by atoms with E-state index in [4.69, 9.17) is 0 Å². The second-order valence-electron chi connectivity index (χ2n) is 25.3. The quantitative estimate of drug-likeness (QED) is 0.0221. The van der Waals surface area contributed by atoms with E-state index in [2.05, 4.69) is 13.8 Å². The summed E-state index contributed by atoms with van der Waals surface area (Å²) in [6.45, 7) is 21.0. The molecule has 0 aliphatic heterocycles. The summed E-state index contributed by atoms with van der Waals surface area (Å²) in [4.78, 5) is 82.2. The molecule has 8 N–H and O–H groups in total. The van der Waals surface area contributed by atoms with Gasteiger partial charge in [0.1, 0.15) is 0 Å². The maximum atomic E-state index is 10.5. The van der Waals surface area contributed by atoms with E-state index in [0.29, 0.717) is 35.5 Å². The van der Waals surface area contributed by atoms with Crippen molar-refractivity contribution in [3.63, 3.8) is 0 Å². The Kier molecular flexibility index (Phi) is 52.0. The minimum absolute atomic E-state index is 0.658. The lowest BCUT2D eigenvalue weighted by Gasteiger charge is -2.24. The van der Waals surface area contributed by atoms with Crippen molar-refractivity contribution in [2.75, 3.05) is 0 Å². The fourth-order valence-electron chi connectivity index (χ4n) is 12.0. The Bertz CT molecular complexity index is 1210. The Morgan fingerprint density at radius 1 is 0.213 bits per heavy atom. The zero-order valence-corrected chi connectivity index (χ0v) is 59.2. The molecule has 0 aromatic heterocycles. The molecule has 0 aliphatic carbocycles.